The van der Waals surface area contributed by atoms with Crippen molar-refractivity contribution >= 4 is 40.0 Å². The standard InChI is InChI=1S/C12H14ClFN4S/c1-5-4-19-12(17-5)6(2)18-11-8(16)3-7(15)9(13)10(11)14/h3-4,6,18H,15-16H2,1-2H3. The number of aromatic nitrogens is 1. The van der Waals surface area contributed by atoms with Gasteiger partial charge in [-0.25, -0.2) is 9.37 Å². The lowest BCUT2D eigenvalue weighted by Gasteiger charge is -2.17. The fourth-order valence-electron chi connectivity index (χ4n) is 1.66. The van der Waals surface area contributed by atoms with Crippen LogP contribution < -0.4 is 16.8 Å². The smallest absolute Gasteiger partial charge is 0.169 e. The van der Waals surface area contributed by atoms with Gasteiger partial charge in [-0.15, -0.1) is 11.3 Å². The average Bonchev–Trinajstić information content (AvgIpc) is 2.78. The van der Waals surface area contributed by atoms with Crippen LogP contribution >= 0.6 is 22.9 Å². The molecule has 1 atom stereocenters. The van der Waals surface area contributed by atoms with E-state index < -0.39 is 5.82 Å². The summed E-state index contributed by atoms with van der Waals surface area (Å²) in [4.78, 5) is 4.34. The van der Waals surface area contributed by atoms with E-state index in [1.807, 2.05) is 19.2 Å². The molecule has 19 heavy (non-hydrogen) atoms. The van der Waals surface area contributed by atoms with Gasteiger partial charge in [-0.3, -0.25) is 0 Å². The zero-order chi connectivity index (χ0) is 14.2. The van der Waals surface area contributed by atoms with E-state index in [0.717, 1.165) is 10.7 Å². The lowest BCUT2D eigenvalue weighted by atomic mass is 10.2. The molecule has 0 amide bonds. The van der Waals surface area contributed by atoms with Gasteiger partial charge in [0.25, 0.3) is 0 Å². The highest BCUT2D eigenvalue weighted by Gasteiger charge is 2.17. The van der Waals surface area contributed by atoms with Crippen molar-refractivity contribution in [2.75, 3.05) is 16.8 Å². The van der Waals surface area contributed by atoms with Gasteiger partial charge in [-0.2, -0.15) is 0 Å². The maximum absolute atomic E-state index is 14.0. The molecule has 0 fully saturated rings. The molecule has 0 saturated carbocycles. The molecule has 0 saturated heterocycles. The molecule has 7 heteroatoms. The summed E-state index contributed by atoms with van der Waals surface area (Å²) >= 11 is 7.28. The van der Waals surface area contributed by atoms with Crippen LogP contribution in [0, 0.1) is 12.7 Å². The fraction of sp³-hybridized carbons (Fsp3) is 0.250. The number of benzene rings is 1. The third-order valence-electron chi connectivity index (χ3n) is 2.63. The zero-order valence-corrected chi connectivity index (χ0v) is 12.1. The Labute approximate surface area is 119 Å². The van der Waals surface area contributed by atoms with Crippen LogP contribution in [0.5, 0.6) is 0 Å². The number of hydrogen-bond acceptors (Lipinski definition) is 5. The van der Waals surface area contributed by atoms with Crippen LogP contribution in [-0.2, 0) is 0 Å². The van der Waals surface area contributed by atoms with Crippen molar-refractivity contribution in [1.82, 2.24) is 4.98 Å². The molecular weight excluding hydrogens is 287 g/mol. The Balaban J connectivity index is 2.31. The summed E-state index contributed by atoms with van der Waals surface area (Å²) in [6.07, 6.45) is 0. The summed E-state index contributed by atoms with van der Waals surface area (Å²) in [7, 11) is 0. The summed E-state index contributed by atoms with van der Waals surface area (Å²) in [5.41, 5.74) is 12.7. The average molecular weight is 301 g/mol. The van der Waals surface area contributed by atoms with Crippen molar-refractivity contribution in [3.8, 4) is 0 Å². The topological polar surface area (TPSA) is 77.0 Å². The number of thiazole rings is 1. The van der Waals surface area contributed by atoms with Crippen molar-refractivity contribution in [2.45, 2.75) is 19.9 Å². The van der Waals surface area contributed by atoms with Gasteiger partial charge in [0.2, 0.25) is 0 Å². The Bertz CT molecular complexity index is 614. The molecule has 0 aliphatic heterocycles. The van der Waals surface area contributed by atoms with Crippen molar-refractivity contribution in [3.05, 3.63) is 33.0 Å². The molecule has 1 aromatic heterocycles. The minimum atomic E-state index is -0.640. The van der Waals surface area contributed by atoms with Crippen LogP contribution in [0.15, 0.2) is 11.4 Å². The van der Waals surface area contributed by atoms with Crippen molar-refractivity contribution < 1.29 is 4.39 Å². The van der Waals surface area contributed by atoms with E-state index in [4.69, 9.17) is 23.1 Å². The van der Waals surface area contributed by atoms with Gasteiger partial charge >= 0.3 is 0 Å². The quantitative estimate of drug-likeness (QED) is 0.757. The van der Waals surface area contributed by atoms with Crippen molar-refractivity contribution in [2.24, 2.45) is 0 Å². The van der Waals surface area contributed by atoms with E-state index in [-0.39, 0.29) is 28.1 Å². The number of nitrogens with one attached hydrogen (secondary N) is 1. The molecule has 5 N–H and O–H groups in total. The van der Waals surface area contributed by atoms with Crippen LogP contribution in [0.25, 0.3) is 0 Å². The Kier molecular flexibility index (Phi) is 3.82. The molecule has 102 valence electrons. The molecule has 0 aliphatic rings. The van der Waals surface area contributed by atoms with Gasteiger partial charge in [-0.1, -0.05) is 11.6 Å². The van der Waals surface area contributed by atoms with Crippen LogP contribution in [0.4, 0.5) is 21.5 Å². The summed E-state index contributed by atoms with van der Waals surface area (Å²) in [6.45, 7) is 3.78. The predicted octanol–water partition coefficient (Wildman–Crippen LogP) is 3.58. The summed E-state index contributed by atoms with van der Waals surface area (Å²) in [6, 6.07) is 1.27. The highest BCUT2D eigenvalue weighted by atomic mass is 35.5. The van der Waals surface area contributed by atoms with E-state index in [2.05, 4.69) is 10.3 Å². The van der Waals surface area contributed by atoms with Gasteiger partial charge in [0.1, 0.15) is 10.0 Å². The number of nitrogen functional groups attached to an aromatic ring is 2. The third kappa shape index (κ3) is 2.74. The highest BCUT2D eigenvalue weighted by molar-refractivity contribution is 7.09. The third-order valence-corrected chi connectivity index (χ3v) is 4.16. The molecule has 0 radical (unpaired) electrons. The molecule has 0 aliphatic carbocycles. The van der Waals surface area contributed by atoms with E-state index in [1.54, 1.807) is 0 Å². The first-order chi connectivity index (χ1) is 8.90. The van der Waals surface area contributed by atoms with Gasteiger partial charge < -0.3 is 16.8 Å². The molecule has 1 unspecified atom stereocenters. The maximum Gasteiger partial charge on any atom is 0.169 e. The molecule has 2 rings (SSSR count). The molecule has 2 aromatic rings. The Morgan fingerprint density at radius 2 is 2.11 bits per heavy atom. The van der Waals surface area contributed by atoms with Crippen LogP contribution in [0.1, 0.15) is 23.7 Å². The SMILES string of the molecule is Cc1csc(C(C)Nc2c(N)cc(N)c(Cl)c2F)n1. The van der Waals surface area contributed by atoms with Crippen molar-refractivity contribution in [3.63, 3.8) is 0 Å². The summed E-state index contributed by atoms with van der Waals surface area (Å²) in [5.74, 6) is -0.640. The zero-order valence-electron chi connectivity index (χ0n) is 10.5. The Morgan fingerprint density at radius 1 is 1.42 bits per heavy atom. The molecular formula is C12H14ClFN4S. The van der Waals surface area contributed by atoms with E-state index in [1.165, 1.54) is 17.4 Å². The molecule has 1 aromatic carbocycles. The minimum Gasteiger partial charge on any atom is -0.397 e. The summed E-state index contributed by atoms with van der Waals surface area (Å²) in [5, 5.41) is 5.64. The minimum absolute atomic E-state index is 0.125. The van der Waals surface area contributed by atoms with E-state index in [0.29, 0.717) is 0 Å². The van der Waals surface area contributed by atoms with Gasteiger partial charge in [0.05, 0.1) is 23.1 Å². The lowest BCUT2D eigenvalue weighted by Crippen LogP contribution is -2.11. The first-order valence-electron chi connectivity index (χ1n) is 5.61. The van der Waals surface area contributed by atoms with E-state index >= 15 is 0 Å². The van der Waals surface area contributed by atoms with Crippen LogP contribution in [0.2, 0.25) is 5.02 Å². The first kappa shape index (κ1) is 13.9. The molecule has 4 nitrogen and oxygen atoms in total. The fourth-order valence-corrected chi connectivity index (χ4v) is 2.62. The van der Waals surface area contributed by atoms with Gasteiger partial charge in [0.15, 0.2) is 5.82 Å². The largest absolute Gasteiger partial charge is 0.397 e. The monoisotopic (exact) mass is 300 g/mol. The van der Waals surface area contributed by atoms with Crippen LogP contribution in [-0.4, -0.2) is 4.98 Å². The summed E-state index contributed by atoms with van der Waals surface area (Å²) < 4.78 is 14.0. The number of aryl methyl sites for hydroxylation is 1. The Hall–Kier alpha value is -1.53. The number of nitrogens with zero attached hydrogens (tertiary/aromatic N) is 1. The lowest BCUT2D eigenvalue weighted by molar-refractivity contribution is 0.629. The number of nitrogens with two attached hydrogens (primary N) is 2. The maximum atomic E-state index is 14.0. The second-order valence-electron chi connectivity index (χ2n) is 4.25. The first-order valence-corrected chi connectivity index (χ1v) is 6.87. The number of halogens is 2. The molecule has 0 bridgehead atoms. The second-order valence-corrected chi connectivity index (χ2v) is 5.52. The van der Waals surface area contributed by atoms with Gasteiger partial charge in [-0.05, 0) is 19.9 Å². The molecule has 1 heterocycles. The highest BCUT2D eigenvalue weighted by Crippen LogP contribution is 2.35. The van der Waals surface area contributed by atoms with Crippen molar-refractivity contribution in [1.29, 1.82) is 0 Å². The number of rotatable bonds is 3. The number of hydrogen-bond donors (Lipinski definition) is 3. The predicted molar refractivity (Wildman–Crippen MR) is 79.1 cm³/mol. The van der Waals surface area contributed by atoms with Crippen LogP contribution in [0.3, 0.4) is 0 Å². The normalized spacial score (nSPS) is 12.4. The Morgan fingerprint density at radius 3 is 2.68 bits per heavy atom. The number of anilines is 3. The molecule has 0 spiro atoms. The van der Waals surface area contributed by atoms with Gasteiger partial charge in [0, 0.05) is 11.1 Å². The second kappa shape index (κ2) is 5.22. The van der Waals surface area contributed by atoms with E-state index in [9.17, 15) is 4.39 Å².